The van der Waals surface area contributed by atoms with Crippen molar-refractivity contribution < 1.29 is 0 Å². The first-order valence-corrected chi connectivity index (χ1v) is 18.9. The molecule has 0 saturated carbocycles. The van der Waals surface area contributed by atoms with Crippen molar-refractivity contribution in [1.82, 2.24) is 0 Å². The highest BCUT2D eigenvalue weighted by Crippen LogP contribution is 2.54. The molecular formula is C53H39N. The molecule has 0 spiro atoms. The molecule has 0 aliphatic heterocycles. The van der Waals surface area contributed by atoms with E-state index < -0.39 is 0 Å². The molecule has 0 bridgehead atoms. The molecule has 0 saturated heterocycles. The smallest absolute Gasteiger partial charge is 0.0540 e. The van der Waals surface area contributed by atoms with E-state index >= 15 is 0 Å². The molecule has 0 aromatic heterocycles. The van der Waals surface area contributed by atoms with Crippen molar-refractivity contribution in [1.29, 1.82) is 0 Å². The van der Waals surface area contributed by atoms with E-state index in [1.807, 2.05) is 0 Å². The van der Waals surface area contributed by atoms with E-state index in [9.17, 15) is 0 Å². The van der Waals surface area contributed by atoms with Gasteiger partial charge in [-0.2, -0.15) is 0 Å². The fraction of sp³-hybridized carbons (Fsp3) is 0.0566. The minimum atomic E-state index is -0.0936. The fourth-order valence-electron chi connectivity index (χ4n) is 8.99. The first kappa shape index (κ1) is 32.0. The Morgan fingerprint density at radius 2 is 0.815 bits per heavy atom. The van der Waals surface area contributed by atoms with E-state index in [-0.39, 0.29) is 5.41 Å². The zero-order valence-electron chi connectivity index (χ0n) is 30.5. The Morgan fingerprint density at radius 1 is 0.333 bits per heavy atom. The second kappa shape index (κ2) is 12.8. The number of anilines is 3. The monoisotopic (exact) mass is 689 g/mol. The molecule has 1 aliphatic carbocycles. The van der Waals surface area contributed by atoms with Gasteiger partial charge >= 0.3 is 0 Å². The largest absolute Gasteiger partial charge is 0.309 e. The zero-order valence-corrected chi connectivity index (χ0v) is 30.5. The molecule has 1 nitrogen and oxygen atoms in total. The van der Waals surface area contributed by atoms with Gasteiger partial charge in [-0.25, -0.2) is 0 Å². The highest BCUT2D eigenvalue weighted by molar-refractivity contribution is 6.11. The van der Waals surface area contributed by atoms with E-state index in [4.69, 9.17) is 0 Å². The van der Waals surface area contributed by atoms with E-state index in [0.717, 1.165) is 17.1 Å². The lowest BCUT2D eigenvalue weighted by Gasteiger charge is -2.31. The average Bonchev–Trinajstić information content (AvgIpc) is 3.47. The molecule has 0 heterocycles. The summed E-state index contributed by atoms with van der Waals surface area (Å²) < 4.78 is 0. The molecule has 9 aromatic carbocycles. The van der Waals surface area contributed by atoms with Gasteiger partial charge in [0.2, 0.25) is 0 Å². The van der Waals surface area contributed by atoms with Gasteiger partial charge in [-0.15, -0.1) is 0 Å². The molecule has 0 radical (unpaired) electrons. The lowest BCUT2D eigenvalue weighted by molar-refractivity contribution is 0.660. The summed E-state index contributed by atoms with van der Waals surface area (Å²) in [6.45, 7) is 4.72. The Balaban J connectivity index is 1.28. The number of hydrogen-bond donors (Lipinski definition) is 0. The molecule has 0 fully saturated rings. The van der Waals surface area contributed by atoms with Crippen molar-refractivity contribution in [3.8, 4) is 44.5 Å². The van der Waals surface area contributed by atoms with Crippen molar-refractivity contribution in [3.63, 3.8) is 0 Å². The first-order valence-electron chi connectivity index (χ1n) is 18.9. The van der Waals surface area contributed by atoms with Crippen LogP contribution in [0.25, 0.3) is 66.1 Å². The normalized spacial score (nSPS) is 12.8. The van der Waals surface area contributed by atoms with Crippen LogP contribution in [-0.4, -0.2) is 0 Å². The third kappa shape index (κ3) is 5.00. The quantitative estimate of drug-likeness (QED) is 0.168. The van der Waals surface area contributed by atoms with Crippen LogP contribution in [0.15, 0.2) is 200 Å². The SMILES string of the molecule is CC1(C)c2ccccc2-c2c(-c3ccccc3N(c3ccccc3-c3cccc4cccc(-c5ccccc5)c34)c3cccc4ccccc34)cccc21. The van der Waals surface area contributed by atoms with Crippen molar-refractivity contribution in [2.75, 3.05) is 4.90 Å². The van der Waals surface area contributed by atoms with Gasteiger partial charge in [-0.05, 0) is 78.9 Å². The molecule has 10 rings (SSSR count). The predicted molar refractivity (Wildman–Crippen MR) is 230 cm³/mol. The van der Waals surface area contributed by atoms with Crippen LogP contribution in [0.2, 0.25) is 0 Å². The minimum Gasteiger partial charge on any atom is -0.309 e. The Morgan fingerprint density at radius 3 is 1.59 bits per heavy atom. The molecular weight excluding hydrogens is 651 g/mol. The van der Waals surface area contributed by atoms with Crippen LogP contribution in [0.3, 0.4) is 0 Å². The summed E-state index contributed by atoms with van der Waals surface area (Å²) in [7, 11) is 0. The maximum Gasteiger partial charge on any atom is 0.0540 e. The van der Waals surface area contributed by atoms with Crippen molar-refractivity contribution >= 4 is 38.6 Å². The van der Waals surface area contributed by atoms with Crippen molar-refractivity contribution in [3.05, 3.63) is 211 Å². The van der Waals surface area contributed by atoms with Gasteiger partial charge in [-0.1, -0.05) is 196 Å². The summed E-state index contributed by atoms with van der Waals surface area (Å²) >= 11 is 0. The second-order valence-corrected chi connectivity index (χ2v) is 14.8. The van der Waals surface area contributed by atoms with E-state index in [2.05, 4.69) is 219 Å². The molecule has 256 valence electrons. The lowest BCUT2D eigenvalue weighted by Crippen LogP contribution is -2.15. The molecule has 0 unspecified atom stereocenters. The number of benzene rings is 9. The molecule has 0 N–H and O–H groups in total. The van der Waals surface area contributed by atoms with E-state index in [0.29, 0.717) is 0 Å². The van der Waals surface area contributed by atoms with Gasteiger partial charge in [0.15, 0.2) is 0 Å². The Kier molecular flexibility index (Phi) is 7.56. The van der Waals surface area contributed by atoms with Gasteiger partial charge in [0.05, 0.1) is 17.1 Å². The van der Waals surface area contributed by atoms with Gasteiger partial charge in [0, 0.05) is 21.9 Å². The summed E-state index contributed by atoms with van der Waals surface area (Å²) in [5.41, 5.74) is 16.0. The van der Waals surface area contributed by atoms with Crippen LogP contribution in [0.1, 0.15) is 25.0 Å². The van der Waals surface area contributed by atoms with Crippen molar-refractivity contribution in [2.45, 2.75) is 19.3 Å². The molecule has 9 aromatic rings. The summed E-state index contributed by atoms with van der Waals surface area (Å²) in [5, 5.41) is 4.89. The average molecular weight is 690 g/mol. The van der Waals surface area contributed by atoms with E-state index in [1.54, 1.807) is 0 Å². The number of fused-ring (bicyclic) bond motifs is 5. The Bertz CT molecular complexity index is 2850. The standard InChI is InChI=1S/C53H39N/c1-53(2)46-31-11-8-27-45(46)52-44(30-17-32-47(52)53)42-26-10-13-34-50(42)54(48-35-16-21-36-20-6-7-24-39(36)48)49-33-12-9-25-41(49)43-29-15-23-38-22-14-28-40(51(38)43)37-18-4-3-5-19-37/h3-35H,1-2H3. The first-order chi connectivity index (χ1) is 26.6. The van der Waals surface area contributed by atoms with Crippen LogP contribution in [-0.2, 0) is 5.41 Å². The fourth-order valence-corrected chi connectivity index (χ4v) is 8.99. The third-order valence-electron chi connectivity index (χ3n) is 11.5. The van der Waals surface area contributed by atoms with Gasteiger partial charge in [0.1, 0.15) is 0 Å². The highest BCUT2D eigenvalue weighted by Gasteiger charge is 2.37. The molecule has 1 aliphatic rings. The summed E-state index contributed by atoms with van der Waals surface area (Å²) in [5.74, 6) is 0. The number of para-hydroxylation sites is 2. The van der Waals surface area contributed by atoms with Crippen LogP contribution in [0.4, 0.5) is 17.1 Å². The van der Waals surface area contributed by atoms with Crippen LogP contribution >= 0.6 is 0 Å². The zero-order chi connectivity index (χ0) is 36.2. The number of nitrogens with zero attached hydrogens (tertiary/aromatic N) is 1. The lowest BCUT2D eigenvalue weighted by atomic mass is 9.82. The summed E-state index contributed by atoms with van der Waals surface area (Å²) in [4.78, 5) is 2.52. The number of rotatable bonds is 6. The van der Waals surface area contributed by atoms with Crippen molar-refractivity contribution in [2.24, 2.45) is 0 Å². The molecule has 0 atom stereocenters. The number of hydrogen-bond acceptors (Lipinski definition) is 1. The predicted octanol–water partition coefficient (Wildman–Crippen LogP) is 14.8. The second-order valence-electron chi connectivity index (χ2n) is 14.8. The maximum atomic E-state index is 2.52. The van der Waals surface area contributed by atoms with Crippen LogP contribution < -0.4 is 4.90 Å². The molecule has 0 amide bonds. The third-order valence-corrected chi connectivity index (χ3v) is 11.5. The Hall–Kier alpha value is -6.70. The van der Waals surface area contributed by atoms with Gasteiger partial charge in [0.25, 0.3) is 0 Å². The van der Waals surface area contributed by atoms with Crippen LogP contribution in [0.5, 0.6) is 0 Å². The molecule has 54 heavy (non-hydrogen) atoms. The topological polar surface area (TPSA) is 3.24 Å². The molecule has 1 heteroatoms. The van der Waals surface area contributed by atoms with Crippen LogP contribution in [0, 0.1) is 0 Å². The minimum absolute atomic E-state index is 0.0936. The van der Waals surface area contributed by atoms with Gasteiger partial charge in [-0.3, -0.25) is 0 Å². The van der Waals surface area contributed by atoms with Gasteiger partial charge < -0.3 is 4.90 Å². The highest BCUT2D eigenvalue weighted by atomic mass is 15.1. The summed E-state index contributed by atoms with van der Waals surface area (Å²) in [6, 6.07) is 73.4. The summed E-state index contributed by atoms with van der Waals surface area (Å²) in [6.07, 6.45) is 0. The van der Waals surface area contributed by atoms with E-state index in [1.165, 1.54) is 77.2 Å². The maximum absolute atomic E-state index is 2.52. The Labute approximate surface area is 317 Å².